The average molecular weight is 353 g/mol. The van der Waals surface area contributed by atoms with Gasteiger partial charge in [0.05, 0.1) is 0 Å². The normalized spacial score (nSPS) is 11.3. The molecule has 0 N–H and O–H groups in total. The maximum atomic E-state index is 5.78. The van der Waals surface area contributed by atoms with E-state index in [4.69, 9.17) is 2.13 Å². The van der Waals surface area contributed by atoms with Gasteiger partial charge in [0.1, 0.15) is 0 Å². The molecule has 1 aromatic carbocycles. The molecule has 0 spiro atoms. The van der Waals surface area contributed by atoms with E-state index in [0.29, 0.717) is 0 Å². The summed E-state index contributed by atoms with van der Waals surface area (Å²) in [5.74, 6) is 0.991. The Morgan fingerprint density at radius 2 is 1.94 bits per heavy atom. The molecule has 1 aromatic rings. The van der Waals surface area contributed by atoms with Crippen LogP contribution in [0.2, 0.25) is 0 Å². The summed E-state index contributed by atoms with van der Waals surface area (Å²) in [5, 5.41) is 0. The molecule has 0 aliphatic carbocycles. The summed E-state index contributed by atoms with van der Waals surface area (Å²) in [6, 6.07) is 6.38. The first kappa shape index (κ1) is 14.4. The third kappa shape index (κ3) is 5.11. The summed E-state index contributed by atoms with van der Waals surface area (Å²) < 4.78 is 11.5. The van der Waals surface area contributed by atoms with Crippen LogP contribution in [0.1, 0.15) is 38.8 Å². The van der Waals surface area contributed by atoms with E-state index in [1.165, 1.54) is 11.1 Å². The molecule has 0 bridgehead atoms. The van der Waals surface area contributed by atoms with Crippen LogP contribution in [0.4, 0.5) is 0 Å². The Kier molecular flexibility index (Phi) is 5.68. The minimum atomic E-state index is -1.42. The number of aryl methyl sites for hydroxylation is 2. The molecule has 16 heavy (non-hydrogen) atoms. The van der Waals surface area contributed by atoms with E-state index in [0.717, 1.165) is 12.2 Å². The Hall–Kier alpha value is 0.331. The first-order valence-corrected chi connectivity index (χ1v) is 8.23. The van der Waals surface area contributed by atoms with Crippen LogP contribution in [0.3, 0.4) is 0 Å². The van der Waals surface area contributed by atoms with Crippen molar-refractivity contribution in [3.8, 4) is 5.75 Å². The summed E-state index contributed by atoms with van der Waals surface area (Å²) in [5.41, 5.74) is 2.50. The van der Waals surface area contributed by atoms with Gasteiger partial charge in [0.2, 0.25) is 0 Å². The summed E-state index contributed by atoms with van der Waals surface area (Å²) >= 11 is -1.42. The minimum absolute atomic E-state index is 0.0691. The van der Waals surface area contributed by atoms with Crippen LogP contribution >= 0.6 is 0 Å². The first-order valence-electron chi connectivity index (χ1n) is 5.62. The van der Waals surface area contributed by atoms with Gasteiger partial charge in [-0.2, -0.15) is 0 Å². The topological polar surface area (TPSA) is 18.5 Å². The van der Waals surface area contributed by atoms with Crippen molar-refractivity contribution in [2.75, 3.05) is 0 Å². The van der Waals surface area contributed by atoms with Crippen LogP contribution in [-0.2, 0) is 7.48 Å². The van der Waals surface area contributed by atoms with E-state index in [9.17, 15) is 0 Å². The molecule has 0 aliphatic heterocycles. The zero-order valence-electron chi connectivity index (χ0n) is 10.8. The maximum absolute atomic E-state index is 5.78. The van der Waals surface area contributed by atoms with E-state index in [1.807, 2.05) is 0 Å². The standard InChI is InChI=1S/C9H12O.C4H9O.Nd/c1-3-8-4-5-9(10)7(2)6-8;1-4(2,3)5;/h4-6,10H,3H2,1-2H3;1-3H3;/q;-1;+2/p-1. The molecule has 1 rings (SSSR count). The van der Waals surface area contributed by atoms with Crippen molar-refractivity contribution in [1.82, 2.24) is 0 Å². The predicted octanol–water partition coefficient (Wildman–Crippen LogP) is 3.67. The van der Waals surface area contributed by atoms with E-state index >= 15 is 0 Å². The zero-order chi connectivity index (χ0) is 12.2. The summed E-state index contributed by atoms with van der Waals surface area (Å²) in [6.07, 6.45) is 1.07. The summed E-state index contributed by atoms with van der Waals surface area (Å²) in [7, 11) is 0. The van der Waals surface area contributed by atoms with E-state index < -0.39 is 37.9 Å². The third-order valence-corrected chi connectivity index (χ3v) is 5.35. The first-order chi connectivity index (χ1) is 7.42. The quantitative estimate of drug-likeness (QED) is 0.823. The second-order valence-electron chi connectivity index (χ2n) is 4.85. The number of hydrogen-bond donors (Lipinski definition) is 0. The molecular formula is C13H20NdO2. The van der Waals surface area contributed by atoms with Crippen LogP contribution in [0.15, 0.2) is 18.2 Å². The van der Waals surface area contributed by atoms with E-state index in [1.54, 1.807) is 0 Å². The molecule has 0 aromatic heterocycles. The molecule has 0 radical (unpaired) electrons. The van der Waals surface area contributed by atoms with Crippen molar-refractivity contribution in [2.24, 2.45) is 0 Å². The van der Waals surface area contributed by atoms with Crippen molar-refractivity contribution in [1.29, 1.82) is 0 Å². The third-order valence-electron chi connectivity index (χ3n) is 2.15. The summed E-state index contributed by atoms with van der Waals surface area (Å²) in [4.78, 5) is 0. The van der Waals surface area contributed by atoms with Gasteiger partial charge in [0.25, 0.3) is 0 Å². The van der Waals surface area contributed by atoms with Crippen molar-refractivity contribution < 1.29 is 40.0 Å². The molecule has 0 atom stereocenters. The number of rotatable bonds is 4. The van der Waals surface area contributed by atoms with Crippen molar-refractivity contribution in [3.63, 3.8) is 0 Å². The van der Waals surface area contributed by atoms with Gasteiger partial charge >= 0.3 is 122 Å². The fourth-order valence-corrected chi connectivity index (χ4v) is 3.20. The molecule has 0 amide bonds. The van der Waals surface area contributed by atoms with Gasteiger partial charge in [0, 0.05) is 0 Å². The molecule has 0 heterocycles. The SMILES string of the molecule is CCc1ccc([O][Nd][O]C(C)(C)C)c(C)c1. The van der Waals surface area contributed by atoms with Crippen LogP contribution in [-0.4, -0.2) is 5.60 Å². The van der Waals surface area contributed by atoms with Crippen molar-refractivity contribution in [2.45, 2.75) is 46.6 Å². The van der Waals surface area contributed by atoms with Gasteiger partial charge in [-0.25, -0.2) is 0 Å². The average Bonchev–Trinajstić information content (AvgIpc) is 2.18. The van der Waals surface area contributed by atoms with Gasteiger partial charge < -0.3 is 0 Å². The van der Waals surface area contributed by atoms with Gasteiger partial charge in [-0.15, -0.1) is 0 Å². The monoisotopic (exact) mass is 350 g/mol. The molecule has 0 saturated heterocycles. The predicted molar refractivity (Wildman–Crippen MR) is 62.0 cm³/mol. The second-order valence-corrected chi connectivity index (χ2v) is 6.70. The van der Waals surface area contributed by atoms with Crippen LogP contribution in [0.5, 0.6) is 5.75 Å². The fraction of sp³-hybridized carbons (Fsp3) is 0.538. The molecular weight excluding hydrogens is 332 g/mol. The van der Waals surface area contributed by atoms with Crippen LogP contribution in [0.25, 0.3) is 0 Å². The number of benzene rings is 1. The van der Waals surface area contributed by atoms with Gasteiger partial charge in [0.15, 0.2) is 0 Å². The van der Waals surface area contributed by atoms with Crippen LogP contribution in [0, 0.1) is 44.8 Å². The molecule has 0 aliphatic rings. The molecule has 88 valence electrons. The molecule has 2 nitrogen and oxygen atoms in total. The Labute approximate surface area is 121 Å². The second kappa shape index (κ2) is 6.31. The van der Waals surface area contributed by atoms with Crippen molar-refractivity contribution in [3.05, 3.63) is 29.3 Å². The zero-order valence-corrected chi connectivity index (χ0v) is 14.0. The van der Waals surface area contributed by atoms with Crippen molar-refractivity contribution >= 4 is 0 Å². The Morgan fingerprint density at radius 1 is 1.25 bits per heavy atom. The van der Waals surface area contributed by atoms with E-state index in [2.05, 4.69) is 52.8 Å². The Bertz CT molecular complexity index is 342. The molecule has 0 saturated carbocycles. The molecule has 0 fully saturated rings. The summed E-state index contributed by atoms with van der Waals surface area (Å²) in [6.45, 7) is 10.5. The molecule has 0 unspecified atom stereocenters. The number of hydrogen-bond acceptors (Lipinski definition) is 2. The Morgan fingerprint density at radius 3 is 2.44 bits per heavy atom. The molecule has 3 heteroatoms. The fourth-order valence-electron chi connectivity index (χ4n) is 1.24. The van der Waals surface area contributed by atoms with Gasteiger partial charge in [-0.3, -0.25) is 0 Å². The van der Waals surface area contributed by atoms with Gasteiger partial charge in [-0.1, -0.05) is 0 Å². The van der Waals surface area contributed by atoms with Crippen LogP contribution < -0.4 is 1.06 Å². The van der Waals surface area contributed by atoms with Gasteiger partial charge in [-0.05, 0) is 0 Å². The van der Waals surface area contributed by atoms with E-state index in [-0.39, 0.29) is 5.60 Å². The Balaban J connectivity index is 2.55.